The van der Waals surface area contributed by atoms with Gasteiger partial charge in [-0.05, 0) is 42.5 Å². The van der Waals surface area contributed by atoms with Crippen LogP contribution in [0, 0.1) is 5.41 Å². The number of nitrogens with zero attached hydrogens (tertiary/aromatic N) is 1. The second kappa shape index (κ2) is 6.61. The van der Waals surface area contributed by atoms with Gasteiger partial charge in [-0.15, -0.1) is 0 Å². The van der Waals surface area contributed by atoms with Gasteiger partial charge in [0.15, 0.2) is 5.76 Å². The topological polar surface area (TPSA) is 67.9 Å². The lowest BCUT2D eigenvalue weighted by Gasteiger charge is -2.08. The van der Waals surface area contributed by atoms with Crippen molar-refractivity contribution in [2.24, 2.45) is 0 Å². The van der Waals surface area contributed by atoms with Gasteiger partial charge in [0.1, 0.15) is 11.3 Å². The van der Waals surface area contributed by atoms with Crippen molar-refractivity contribution in [1.29, 1.82) is 5.41 Å². The fourth-order valence-electron chi connectivity index (χ4n) is 4.37. The molecular formula is C27H19N3O. The number of para-hydroxylation sites is 3. The summed E-state index contributed by atoms with van der Waals surface area (Å²) in [6.07, 6.45) is 0. The monoisotopic (exact) mass is 401 g/mol. The van der Waals surface area contributed by atoms with Crippen LogP contribution in [0.1, 0.15) is 11.3 Å². The van der Waals surface area contributed by atoms with Crippen LogP contribution in [0.4, 0.5) is 5.69 Å². The number of benzene rings is 4. The molecule has 3 N–H and O–H groups in total. The summed E-state index contributed by atoms with van der Waals surface area (Å²) in [6.45, 7) is 0. The van der Waals surface area contributed by atoms with E-state index in [2.05, 4.69) is 47.0 Å². The Morgan fingerprint density at radius 2 is 1.39 bits per heavy atom. The fraction of sp³-hybridized carbons (Fsp3) is 0. The molecule has 0 aliphatic heterocycles. The summed E-state index contributed by atoms with van der Waals surface area (Å²) in [6, 6.07) is 32.4. The molecule has 4 nitrogen and oxygen atoms in total. The molecule has 4 heteroatoms. The van der Waals surface area contributed by atoms with Gasteiger partial charge in [-0.1, -0.05) is 54.6 Å². The van der Waals surface area contributed by atoms with Gasteiger partial charge in [0.2, 0.25) is 0 Å². The van der Waals surface area contributed by atoms with Gasteiger partial charge in [-0.3, -0.25) is 5.41 Å². The van der Waals surface area contributed by atoms with Gasteiger partial charge in [-0.25, -0.2) is 0 Å². The van der Waals surface area contributed by atoms with E-state index in [-0.39, 0.29) is 5.71 Å². The summed E-state index contributed by atoms with van der Waals surface area (Å²) in [5.41, 5.74) is 11.9. The van der Waals surface area contributed by atoms with Gasteiger partial charge in [0.05, 0.1) is 16.7 Å². The number of anilines is 1. The fourth-order valence-corrected chi connectivity index (χ4v) is 4.37. The van der Waals surface area contributed by atoms with Crippen LogP contribution in [0.2, 0.25) is 0 Å². The second-order valence-corrected chi connectivity index (χ2v) is 7.64. The molecule has 2 aromatic heterocycles. The quantitative estimate of drug-likeness (QED) is 0.331. The van der Waals surface area contributed by atoms with Crippen molar-refractivity contribution in [2.75, 3.05) is 5.73 Å². The van der Waals surface area contributed by atoms with Crippen LogP contribution in [-0.2, 0) is 0 Å². The van der Waals surface area contributed by atoms with Crippen LogP contribution >= 0.6 is 0 Å². The molecular weight excluding hydrogens is 382 g/mol. The van der Waals surface area contributed by atoms with Crippen molar-refractivity contribution in [3.63, 3.8) is 0 Å². The molecule has 6 rings (SSSR count). The SMILES string of the molecule is N=C(c1ccc2c(c1)c1ccccc1n2-c1ccccc1)c1oc2ccccc2c1N. The molecule has 6 aromatic rings. The summed E-state index contributed by atoms with van der Waals surface area (Å²) in [5, 5.41) is 11.9. The third-order valence-corrected chi connectivity index (χ3v) is 5.84. The maximum atomic E-state index is 8.82. The van der Waals surface area contributed by atoms with Crippen molar-refractivity contribution >= 4 is 44.2 Å². The lowest BCUT2D eigenvalue weighted by Crippen LogP contribution is -2.03. The molecule has 0 amide bonds. The van der Waals surface area contributed by atoms with Gasteiger partial charge in [0, 0.05) is 27.4 Å². The van der Waals surface area contributed by atoms with Crippen molar-refractivity contribution in [3.05, 3.63) is 108 Å². The van der Waals surface area contributed by atoms with Gasteiger partial charge in [-0.2, -0.15) is 0 Å². The van der Waals surface area contributed by atoms with Crippen molar-refractivity contribution in [2.45, 2.75) is 0 Å². The number of nitrogens with two attached hydrogens (primary N) is 1. The molecule has 0 saturated heterocycles. The summed E-state index contributed by atoms with van der Waals surface area (Å²) in [5.74, 6) is 0.410. The third-order valence-electron chi connectivity index (χ3n) is 5.84. The first kappa shape index (κ1) is 17.5. The van der Waals surface area contributed by atoms with Crippen LogP contribution in [-0.4, -0.2) is 10.3 Å². The van der Waals surface area contributed by atoms with E-state index >= 15 is 0 Å². The maximum Gasteiger partial charge on any atom is 0.176 e. The van der Waals surface area contributed by atoms with Crippen LogP contribution in [0.3, 0.4) is 0 Å². The summed E-state index contributed by atoms with van der Waals surface area (Å²) in [4.78, 5) is 0. The van der Waals surface area contributed by atoms with E-state index in [4.69, 9.17) is 15.6 Å². The molecule has 0 fully saturated rings. The van der Waals surface area contributed by atoms with Crippen molar-refractivity contribution in [3.8, 4) is 5.69 Å². The zero-order valence-corrected chi connectivity index (χ0v) is 16.7. The average Bonchev–Trinajstić information content (AvgIpc) is 3.34. The summed E-state index contributed by atoms with van der Waals surface area (Å²) < 4.78 is 8.19. The molecule has 31 heavy (non-hydrogen) atoms. The third kappa shape index (κ3) is 2.58. The lowest BCUT2D eigenvalue weighted by atomic mass is 10.0. The van der Waals surface area contributed by atoms with E-state index in [0.29, 0.717) is 17.0 Å². The number of hydrogen-bond acceptors (Lipinski definition) is 3. The Labute approximate surface area is 178 Å². The van der Waals surface area contributed by atoms with E-state index in [1.807, 2.05) is 54.6 Å². The molecule has 0 spiro atoms. The van der Waals surface area contributed by atoms with Crippen molar-refractivity contribution < 1.29 is 4.42 Å². The van der Waals surface area contributed by atoms with E-state index in [9.17, 15) is 0 Å². The predicted octanol–water partition coefficient (Wildman–Crippen LogP) is 6.53. The minimum atomic E-state index is 0.284. The van der Waals surface area contributed by atoms with Gasteiger partial charge < -0.3 is 14.7 Å². The maximum absolute atomic E-state index is 8.82. The highest BCUT2D eigenvalue weighted by Gasteiger charge is 2.19. The highest BCUT2D eigenvalue weighted by atomic mass is 16.3. The Kier molecular flexibility index (Phi) is 3.74. The van der Waals surface area contributed by atoms with Crippen molar-refractivity contribution in [1.82, 2.24) is 4.57 Å². The van der Waals surface area contributed by atoms with Gasteiger partial charge >= 0.3 is 0 Å². The molecule has 0 bridgehead atoms. The summed E-state index contributed by atoms with van der Waals surface area (Å²) in [7, 11) is 0. The van der Waals surface area contributed by atoms with E-state index in [1.54, 1.807) is 0 Å². The molecule has 2 heterocycles. The molecule has 0 aliphatic rings. The first-order valence-corrected chi connectivity index (χ1v) is 10.2. The first-order valence-electron chi connectivity index (χ1n) is 10.2. The van der Waals surface area contributed by atoms with Crippen LogP contribution in [0.25, 0.3) is 38.5 Å². The summed E-state index contributed by atoms with van der Waals surface area (Å²) >= 11 is 0. The number of nitrogen functional groups attached to an aromatic ring is 1. The number of hydrogen-bond donors (Lipinski definition) is 2. The zero-order valence-electron chi connectivity index (χ0n) is 16.7. The first-order chi connectivity index (χ1) is 15.2. The Morgan fingerprint density at radius 1 is 0.710 bits per heavy atom. The Bertz CT molecular complexity index is 1610. The smallest absolute Gasteiger partial charge is 0.176 e. The number of aromatic nitrogens is 1. The highest BCUT2D eigenvalue weighted by molar-refractivity contribution is 6.18. The van der Waals surface area contributed by atoms with Crippen LogP contribution < -0.4 is 5.73 Å². The predicted molar refractivity (Wildman–Crippen MR) is 127 cm³/mol. The van der Waals surface area contributed by atoms with E-state index in [0.717, 1.165) is 38.4 Å². The Hall–Kier alpha value is -4.31. The molecule has 0 unspecified atom stereocenters. The Balaban J connectivity index is 1.57. The molecule has 148 valence electrons. The Morgan fingerprint density at radius 3 is 2.19 bits per heavy atom. The van der Waals surface area contributed by atoms with Gasteiger partial charge in [0.25, 0.3) is 0 Å². The molecule has 0 aliphatic carbocycles. The minimum Gasteiger partial charge on any atom is -0.452 e. The largest absolute Gasteiger partial charge is 0.452 e. The zero-order chi connectivity index (χ0) is 20.9. The molecule has 0 radical (unpaired) electrons. The van der Waals surface area contributed by atoms with Crippen LogP contribution in [0.15, 0.2) is 101 Å². The highest BCUT2D eigenvalue weighted by Crippen LogP contribution is 2.34. The average molecular weight is 401 g/mol. The van der Waals surface area contributed by atoms with E-state index in [1.165, 1.54) is 0 Å². The number of nitrogens with one attached hydrogen (secondary N) is 1. The number of rotatable bonds is 3. The van der Waals surface area contributed by atoms with E-state index < -0.39 is 0 Å². The number of fused-ring (bicyclic) bond motifs is 4. The lowest BCUT2D eigenvalue weighted by molar-refractivity contribution is 0.606. The molecule has 4 aromatic carbocycles. The standard InChI is InChI=1S/C27H19N3O/c28-25(27-26(29)20-11-5-7-13-24(20)31-27)17-14-15-23-21(16-17)19-10-4-6-12-22(19)30(23)18-8-2-1-3-9-18/h1-16,28H,29H2. The second-order valence-electron chi connectivity index (χ2n) is 7.64. The number of furan rings is 1. The molecule has 0 saturated carbocycles. The normalized spacial score (nSPS) is 11.5. The van der Waals surface area contributed by atoms with Crippen LogP contribution in [0.5, 0.6) is 0 Å². The minimum absolute atomic E-state index is 0.284. The molecule has 0 atom stereocenters.